The number of ether oxygens (including phenoxy) is 6. The van der Waals surface area contributed by atoms with E-state index in [9.17, 15) is 56.2 Å². The maximum atomic E-state index is 10.4. The first-order valence-electron chi connectivity index (χ1n) is 14.8. The first-order valence-corrected chi connectivity index (χ1v) is 14.8. The standard InChI is InChI=1S/C14H26O9.C12H22O11/c1-5-6(2)21-8(4-16)13(9(5)17)23-14-12(20)11(19)10(18)7(3-15)22-14;13-1-4-6(16)7(17)8(18)11(21-4)22-9-5(2-14)23-12(20,3-15)10(9)19/h5-20H,3-4H2,1-2H3;4-11,13-20H,1-3H2/t5?,6-,7?,8?,9+,10-,11-,12?,13+,14-;4?,5-,6+,7+,8?,9+,10?,11+,12+/m01/s1. The van der Waals surface area contributed by atoms with Crippen LogP contribution in [-0.2, 0) is 28.4 Å². The summed E-state index contributed by atoms with van der Waals surface area (Å²) >= 11 is 0. The van der Waals surface area contributed by atoms with Crippen molar-refractivity contribution in [1.29, 1.82) is 0 Å². The Balaban J connectivity index is 0.000000250. The van der Waals surface area contributed by atoms with Crippen molar-refractivity contribution in [3.63, 3.8) is 0 Å². The van der Waals surface area contributed by atoms with Crippen molar-refractivity contribution in [3.05, 3.63) is 0 Å². The molecule has 20 nitrogen and oxygen atoms in total. The third kappa shape index (κ3) is 8.14. The highest BCUT2D eigenvalue weighted by Gasteiger charge is 2.56. The zero-order valence-electron chi connectivity index (χ0n) is 25.1. The van der Waals surface area contributed by atoms with Crippen molar-refractivity contribution in [3.8, 4) is 0 Å². The monoisotopic (exact) mass is 680 g/mol. The van der Waals surface area contributed by atoms with Crippen molar-refractivity contribution in [2.24, 2.45) is 5.92 Å². The predicted octanol–water partition coefficient (Wildman–Crippen LogP) is -8.45. The summed E-state index contributed by atoms with van der Waals surface area (Å²) in [4.78, 5) is 0. The van der Waals surface area contributed by atoms with Gasteiger partial charge in [-0.25, -0.2) is 0 Å². The van der Waals surface area contributed by atoms with Gasteiger partial charge in [-0.2, -0.15) is 0 Å². The number of rotatable bonds is 9. The fourth-order valence-electron chi connectivity index (χ4n) is 5.55. The molecule has 4 heterocycles. The summed E-state index contributed by atoms with van der Waals surface area (Å²) in [7, 11) is 0. The molecule has 46 heavy (non-hydrogen) atoms. The second-order valence-electron chi connectivity index (χ2n) is 11.8. The number of aliphatic hydroxyl groups is 14. The van der Waals surface area contributed by atoms with Crippen LogP contribution in [0.1, 0.15) is 13.8 Å². The summed E-state index contributed by atoms with van der Waals surface area (Å²) < 4.78 is 31.7. The molecule has 4 aliphatic rings. The van der Waals surface area contributed by atoms with Gasteiger partial charge in [0.25, 0.3) is 0 Å². The van der Waals surface area contributed by atoms with Gasteiger partial charge in [-0.05, 0) is 6.92 Å². The van der Waals surface area contributed by atoms with Gasteiger partial charge in [0.05, 0.1) is 45.2 Å². The molecule has 0 aliphatic carbocycles. The van der Waals surface area contributed by atoms with E-state index in [1.54, 1.807) is 13.8 Å². The molecule has 0 bridgehead atoms. The molecule has 0 saturated carbocycles. The minimum atomic E-state index is -2.37. The third-order valence-corrected chi connectivity index (χ3v) is 8.73. The Bertz CT molecular complexity index is 870. The lowest BCUT2D eigenvalue weighted by molar-refractivity contribution is -0.337. The van der Waals surface area contributed by atoms with Crippen LogP contribution < -0.4 is 0 Å². The highest BCUT2D eigenvalue weighted by molar-refractivity contribution is 4.98. The second kappa shape index (κ2) is 16.7. The molecule has 19 atom stereocenters. The van der Waals surface area contributed by atoms with Crippen LogP contribution in [0.15, 0.2) is 0 Å². The Morgan fingerprint density at radius 1 is 0.522 bits per heavy atom. The van der Waals surface area contributed by atoms with E-state index in [2.05, 4.69) is 0 Å². The molecule has 20 heteroatoms. The molecule has 0 aromatic carbocycles. The van der Waals surface area contributed by atoms with Gasteiger partial charge in [-0.1, -0.05) is 6.92 Å². The van der Waals surface area contributed by atoms with Gasteiger partial charge in [-0.3, -0.25) is 0 Å². The van der Waals surface area contributed by atoms with Crippen LogP contribution in [0.25, 0.3) is 0 Å². The van der Waals surface area contributed by atoms with Crippen LogP contribution >= 0.6 is 0 Å². The molecule has 0 aromatic heterocycles. The Kier molecular flexibility index (Phi) is 14.4. The molecule has 0 radical (unpaired) electrons. The van der Waals surface area contributed by atoms with Gasteiger partial charge in [-0.15, -0.1) is 0 Å². The summed E-state index contributed by atoms with van der Waals surface area (Å²) in [5.41, 5.74) is 0. The van der Waals surface area contributed by atoms with E-state index in [1.807, 2.05) is 0 Å². The summed E-state index contributed by atoms with van der Waals surface area (Å²) in [5, 5.41) is 135. The minimum absolute atomic E-state index is 0.285. The van der Waals surface area contributed by atoms with Gasteiger partial charge in [0.15, 0.2) is 12.6 Å². The number of aliphatic hydroxyl groups excluding tert-OH is 13. The summed E-state index contributed by atoms with van der Waals surface area (Å²) in [6.07, 6.45) is -22.4. The molecule has 4 aliphatic heterocycles. The Morgan fingerprint density at radius 3 is 1.37 bits per heavy atom. The van der Waals surface area contributed by atoms with Gasteiger partial charge < -0.3 is 99.9 Å². The van der Waals surface area contributed by atoms with E-state index in [0.29, 0.717) is 0 Å². The minimum Gasteiger partial charge on any atom is -0.394 e. The first kappa shape index (κ1) is 39.6. The molecular formula is C26H48O20. The number of hydrogen-bond acceptors (Lipinski definition) is 20. The van der Waals surface area contributed by atoms with Crippen LogP contribution in [0.4, 0.5) is 0 Å². The smallest absolute Gasteiger partial charge is 0.219 e. The highest BCUT2D eigenvalue weighted by Crippen LogP contribution is 2.34. The lowest BCUT2D eigenvalue weighted by atomic mass is 9.88. The molecule has 4 fully saturated rings. The molecule has 4 saturated heterocycles. The maximum Gasteiger partial charge on any atom is 0.219 e. The Labute approximate surface area is 263 Å². The zero-order chi connectivity index (χ0) is 34.7. The van der Waals surface area contributed by atoms with E-state index in [-0.39, 0.29) is 12.0 Å². The van der Waals surface area contributed by atoms with Crippen LogP contribution in [-0.4, -0.2) is 214 Å². The maximum absolute atomic E-state index is 10.4. The fraction of sp³-hybridized carbons (Fsp3) is 1.00. The molecular weight excluding hydrogens is 632 g/mol. The lowest BCUT2D eigenvalue weighted by Gasteiger charge is -2.46. The summed E-state index contributed by atoms with van der Waals surface area (Å²) in [6.45, 7) is 0.216. The van der Waals surface area contributed by atoms with Crippen molar-refractivity contribution >= 4 is 0 Å². The summed E-state index contributed by atoms with van der Waals surface area (Å²) in [5.74, 6) is -2.65. The molecule has 4 rings (SSSR count). The molecule has 0 amide bonds. The quantitative estimate of drug-likeness (QED) is 0.107. The SMILES string of the molecule is CC1[C@H](C)OC(CO)[C@@H](O[C@@H]2OC(CO)[C@H](O)[C@H](O)C2O)[C@@H]1O.OCC1O[C@@H](O[C@@H]2C(O)[C@](O)(CO)O[C@@H]2CO)C(O)[C@@H](O)[C@H]1O. The fourth-order valence-corrected chi connectivity index (χ4v) is 5.55. The van der Waals surface area contributed by atoms with E-state index in [4.69, 9.17) is 43.7 Å². The van der Waals surface area contributed by atoms with E-state index in [0.717, 1.165) is 0 Å². The van der Waals surface area contributed by atoms with Gasteiger partial charge >= 0.3 is 0 Å². The van der Waals surface area contributed by atoms with Gasteiger partial charge in [0.1, 0.15) is 79.4 Å². The van der Waals surface area contributed by atoms with Crippen LogP contribution in [0.2, 0.25) is 0 Å². The van der Waals surface area contributed by atoms with Crippen molar-refractivity contribution in [2.45, 2.75) is 124 Å². The van der Waals surface area contributed by atoms with Gasteiger partial charge in [0, 0.05) is 5.92 Å². The van der Waals surface area contributed by atoms with Crippen molar-refractivity contribution in [1.82, 2.24) is 0 Å². The second-order valence-corrected chi connectivity index (χ2v) is 11.8. The van der Waals surface area contributed by atoms with Crippen LogP contribution in [0.5, 0.6) is 0 Å². The van der Waals surface area contributed by atoms with Crippen LogP contribution in [0, 0.1) is 5.92 Å². The van der Waals surface area contributed by atoms with Crippen molar-refractivity contribution < 1.29 is 99.9 Å². The normalized spacial score (nSPS) is 51.4. The van der Waals surface area contributed by atoms with Gasteiger partial charge in [0.2, 0.25) is 5.79 Å². The molecule has 0 spiro atoms. The average Bonchev–Trinajstić information content (AvgIpc) is 3.30. The molecule has 7 unspecified atom stereocenters. The number of hydrogen-bond donors (Lipinski definition) is 14. The van der Waals surface area contributed by atoms with E-state index >= 15 is 0 Å². The first-order chi connectivity index (χ1) is 21.6. The van der Waals surface area contributed by atoms with E-state index < -0.39 is 137 Å². The highest BCUT2D eigenvalue weighted by atomic mass is 16.7. The molecule has 272 valence electrons. The topological polar surface area (TPSA) is 339 Å². The molecule has 14 N–H and O–H groups in total. The zero-order valence-corrected chi connectivity index (χ0v) is 25.1. The largest absolute Gasteiger partial charge is 0.394 e. The summed E-state index contributed by atoms with van der Waals surface area (Å²) in [6, 6.07) is 0. The molecule has 0 aromatic rings. The lowest BCUT2D eigenvalue weighted by Crippen LogP contribution is -2.63. The van der Waals surface area contributed by atoms with Crippen molar-refractivity contribution in [2.75, 3.05) is 33.0 Å². The Hall–Kier alpha value is -0.800. The van der Waals surface area contributed by atoms with Crippen LogP contribution in [0.3, 0.4) is 0 Å². The van der Waals surface area contributed by atoms with E-state index in [1.165, 1.54) is 0 Å². The Morgan fingerprint density at radius 2 is 0.957 bits per heavy atom. The predicted molar refractivity (Wildman–Crippen MR) is 144 cm³/mol. The average molecular weight is 681 g/mol. The third-order valence-electron chi connectivity index (χ3n) is 8.73.